The predicted molar refractivity (Wildman–Crippen MR) is 94.9 cm³/mol. The van der Waals surface area contributed by atoms with E-state index in [1.807, 2.05) is 4.90 Å². The van der Waals surface area contributed by atoms with Gasteiger partial charge in [-0.05, 0) is 57.0 Å². The summed E-state index contributed by atoms with van der Waals surface area (Å²) in [6.07, 6.45) is 0.845. The van der Waals surface area contributed by atoms with Crippen molar-refractivity contribution in [1.29, 1.82) is 0 Å². The van der Waals surface area contributed by atoms with E-state index in [2.05, 4.69) is 37.6 Å². The number of carbonyl (C=O) groups excluding carboxylic acids is 1. The van der Waals surface area contributed by atoms with Crippen molar-refractivity contribution in [2.45, 2.75) is 38.6 Å². The monoisotopic (exact) mass is 333 g/mol. The van der Waals surface area contributed by atoms with Crippen LogP contribution in [0.1, 0.15) is 38.7 Å². The average Bonchev–Trinajstić information content (AvgIpc) is 2.49. The van der Waals surface area contributed by atoms with E-state index in [0.717, 1.165) is 43.9 Å². The van der Waals surface area contributed by atoms with Gasteiger partial charge in [-0.25, -0.2) is 4.39 Å². The largest absolute Gasteiger partial charge is 0.305 e. The highest BCUT2D eigenvalue weighted by atomic mass is 19.1. The number of likely N-dealkylation sites (N-methyl/N-ethyl adjacent to an activating group) is 1. The molecule has 1 fully saturated rings. The number of halogens is 1. The molecule has 2 heterocycles. The lowest BCUT2D eigenvalue weighted by atomic mass is 9.80. The van der Waals surface area contributed by atoms with Gasteiger partial charge in [-0.2, -0.15) is 0 Å². The fourth-order valence-electron chi connectivity index (χ4n) is 4.14. The summed E-state index contributed by atoms with van der Waals surface area (Å²) in [5.74, 6) is 0.134. The van der Waals surface area contributed by atoms with E-state index in [9.17, 15) is 9.18 Å². The highest BCUT2D eigenvalue weighted by Crippen LogP contribution is 2.43. The van der Waals surface area contributed by atoms with Crippen molar-refractivity contribution in [3.63, 3.8) is 0 Å². The van der Waals surface area contributed by atoms with Crippen molar-refractivity contribution in [3.8, 4) is 0 Å². The number of benzene rings is 1. The predicted octanol–water partition coefficient (Wildman–Crippen LogP) is 2.69. The van der Waals surface area contributed by atoms with E-state index in [-0.39, 0.29) is 23.2 Å². The quantitative estimate of drug-likeness (QED) is 0.833. The van der Waals surface area contributed by atoms with Gasteiger partial charge < -0.3 is 9.80 Å². The van der Waals surface area contributed by atoms with E-state index in [1.165, 1.54) is 6.07 Å². The molecule has 1 amide bonds. The maximum Gasteiger partial charge on any atom is 0.241 e. The molecule has 5 heteroatoms. The molecule has 132 valence electrons. The molecule has 0 radical (unpaired) electrons. The van der Waals surface area contributed by atoms with Crippen LogP contribution >= 0.6 is 0 Å². The standard InChI is InChI=1S/C19H28FN3O/c1-14-12-19(2,3)23(17-6-5-15(20)11-16(14)17)18(24)13-22-9-7-21(4)8-10-22/h5-6,11,14H,7-10,12-13H2,1-4H3/t14-/m1/s1. The van der Waals surface area contributed by atoms with Crippen LogP contribution in [-0.4, -0.2) is 61.0 Å². The first-order valence-electron chi connectivity index (χ1n) is 8.81. The van der Waals surface area contributed by atoms with Gasteiger partial charge in [-0.1, -0.05) is 6.92 Å². The van der Waals surface area contributed by atoms with Gasteiger partial charge in [0.15, 0.2) is 0 Å². The molecule has 1 aromatic carbocycles. The number of amides is 1. The number of piperazine rings is 1. The van der Waals surface area contributed by atoms with Gasteiger partial charge in [0, 0.05) is 37.4 Å². The Bertz CT molecular complexity index is 623. The zero-order valence-corrected chi connectivity index (χ0v) is 15.2. The third-order valence-corrected chi connectivity index (χ3v) is 5.38. The van der Waals surface area contributed by atoms with E-state index in [4.69, 9.17) is 0 Å². The molecule has 0 N–H and O–H groups in total. The molecular weight excluding hydrogens is 305 g/mol. The van der Waals surface area contributed by atoms with Crippen molar-refractivity contribution in [2.75, 3.05) is 44.7 Å². The van der Waals surface area contributed by atoms with Gasteiger partial charge in [0.25, 0.3) is 0 Å². The summed E-state index contributed by atoms with van der Waals surface area (Å²) >= 11 is 0. The molecule has 0 aliphatic carbocycles. The van der Waals surface area contributed by atoms with Crippen molar-refractivity contribution >= 4 is 11.6 Å². The lowest BCUT2D eigenvalue weighted by molar-refractivity contribution is -0.121. The maximum absolute atomic E-state index is 13.7. The van der Waals surface area contributed by atoms with E-state index >= 15 is 0 Å². The third kappa shape index (κ3) is 3.33. The highest BCUT2D eigenvalue weighted by Gasteiger charge is 2.40. The van der Waals surface area contributed by atoms with Crippen LogP contribution in [-0.2, 0) is 4.79 Å². The van der Waals surface area contributed by atoms with Crippen LogP contribution < -0.4 is 4.90 Å². The van der Waals surface area contributed by atoms with Crippen molar-refractivity contribution < 1.29 is 9.18 Å². The lowest BCUT2D eigenvalue weighted by Gasteiger charge is -2.46. The van der Waals surface area contributed by atoms with Crippen molar-refractivity contribution in [2.24, 2.45) is 0 Å². The summed E-state index contributed by atoms with van der Waals surface area (Å²) in [4.78, 5) is 19.5. The smallest absolute Gasteiger partial charge is 0.241 e. The van der Waals surface area contributed by atoms with Gasteiger partial charge in [0.05, 0.1) is 6.54 Å². The average molecular weight is 333 g/mol. The Morgan fingerprint density at radius 2 is 1.92 bits per heavy atom. The number of anilines is 1. The van der Waals surface area contributed by atoms with Gasteiger partial charge in [-0.15, -0.1) is 0 Å². The zero-order valence-electron chi connectivity index (χ0n) is 15.2. The Kier molecular flexibility index (Phi) is 4.67. The summed E-state index contributed by atoms with van der Waals surface area (Å²) in [6, 6.07) is 4.82. The molecule has 2 aliphatic heterocycles. The molecule has 1 aromatic rings. The van der Waals surface area contributed by atoms with E-state index in [0.29, 0.717) is 6.54 Å². The Labute approximate surface area is 144 Å². The molecule has 0 aromatic heterocycles. The highest BCUT2D eigenvalue weighted by molar-refractivity contribution is 5.97. The number of rotatable bonds is 2. The number of hydrogen-bond acceptors (Lipinski definition) is 3. The normalized spacial score (nSPS) is 24.7. The Morgan fingerprint density at radius 1 is 1.25 bits per heavy atom. The van der Waals surface area contributed by atoms with Crippen LogP contribution in [0.2, 0.25) is 0 Å². The number of fused-ring (bicyclic) bond motifs is 1. The fraction of sp³-hybridized carbons (Fsp3) is 0.632. The first kappa shape index (κ1) is 17.4. The Balaban J connectivity index is 1.85. The zero-order chi connectivity index (χ0) is 17.5. The van der Waals surface area contributed by atoms with E-state index < -0.39 is 0 Å². The third-order valence-electron chi connectivity index (χ3n) is 5.38. The molecule has 0 unspecified atom stereocenters. The summed E-state index contributed by atoms with van der Waals surface area (Å²) in [6.45, 7) is 10.6. The second-order valence-corrected chi connectivity index (χ2v) is 7.93. The second kappa shape index (κ2) is 6.45. The maximum atomic E-state index is 13.7. The molecule has 4 nitrogen and oxygen atoms in total. The first-order chi connectivity index (χ1) is 11.3. The second-order valence-electron chi connectivity index (χ2n) is 7.93. The number of hydrogen-bond donors (Lipinski definition) is 0. The molecule has 0 spiro atoms. The van der Waals surface area contributed by atoms with Gasteiger partial charge in [-0.3, -0.25) is 9.69 Å². The lowest BCUT2D eigenvalue weighted by Crippen LogP contribution is -2.56. The number of nitrogens with zero attached hydrogens (tertiary/aromatic N) is 3. The SMILES string of the molecule is C[C@@H]1CC(C)(C)N(C(=O)CN2CCN(C)CC2)c2ccc(F)cc21. The van der Waals surface area contributed by atoms with Crippen molar-refractivity contribution in [3.05, 3.63) is 29.6 Å². The Morgan fingerprint density at radius 3 is 2.58 bits per heavy atom. The summed E-state index contributed by atoms with van der Waals surface area (Å²) in [5, 5.41) is 0. The molecule has 3 rings (SSSR count). The summed E-state index contributed by atoms with van der Waals surface area (Å²) in [7, 11) is 2.11. The van der Waals surface area contributed by atoms with Crippen LogP contribution in [0.3, 0.4) is 0 Å². The van der Waals surface area contributed by atoms with Crippen LogP contribution in [0.5, 0.6) is 0 Å². The molecule has 2 aliphatic rings. The van der Waals surface area contributed by atoms with E-state index in [1.54, 1.807) is 12.1 Å². The van der Waals surface area contributed by atoms with Crippen molar-refractivity contribution in [1.82, 2.24) is 9.80 Å². The van der Waals surface area contributed by atoms with Gasteiger partial charge in [0.2, 0.25) is 5.91 Å². The molecule has 0 saturated carbocycles. The molecule has 1 atom stereocenters. The fourth-order valence-corrected chi connectivity index (χ4v) is 4.14. The minimum Gasteiger partial charge on any atom is -0.305 e. The van der Waals surface area contributed by atoms with Gasteiger partial charge >= 0.3 is 0 Å². The summed E-state index contributed by atoms with van der Waals surface area (Å²) in [5.41, 5.74) is 1.56. The van der Waals surface area contributed by atoms with Crippen LogP contribution in [0.25, 0.3) is 0 Å². The molecule has 1 saturated heterocycles. The topological polar surface area (TPSA) is 26.8 Å². The molecule has 0 bridgehead atoms. The van der Waals surface area contributed by atoms with Crippen LogP contribution in [0, 0.1) is 5.82 Å². The minimum absolute atomic E-state index is 0.115. The molecular formula is C19H28FN3O. The first-order valence-corrected chi connectivity index (χ1v) is 8.81. The minimum atomic E-state index is -0.256. The number of carbonyl (C=O) groups is 1. The van der Waals surface area contributed by atoms with Gasteiger partial charge in [0.1, 0.15) is 5.82 Å². The Hall–Kier alpha value is -1.46. The molecule has 24 heavy (non-hydrogen) atoms. The van der Waals surface area contributed by atoms with Crippen LogP contribution in [0.15, 0.2) is 18.2 Å². The van der Waals surface area contributed by atoms with Crippen LogP contribution in [0.4, 0.5) is 10.1 Å². The summed E-state index contributed by atoms with van der Waals surface area (Å²) < 4.78 is 13.7.